The molecule has 2 heterocycles. The first-order valence-corrected chi connectivity index (χ1v) is 8.52. The first kappa shape index (κ1) is 14.8. The van der Waals surface area contributed by atoms with E-state index in [0.29, 0.717) is 0 Å². The predicted molar refractivity (Wildman–Crippen MR) is 102 cm³/mol. The molecule has 2 aromatic carbocycles. The summed E-state index contributed by atoms with van der Waals surface area (Å²) in [6.07, 6.45) is 3.39. The van der Waals surface area contributed by atoms with Gasteiger partial charge in [0.05, 0.1) is 11.6 Å². The van der Waals surface area contributed by atoms with Crippen LogP contribution >= 0.6 is 11.3 Å². The number of benzene rings is 2. The highest BCUT2D eigenvalue weighted by molar-refractivity contribution is 7.18. The summed E-state index contributed by atoms with van der Waals surface area (Å²) in [7, 11) is 0. The number of nitrogens with zero attached hydrogens (tertiary/aromatic N) is 3. The highest BCUT2D eigenvalue weighted by Gasteiger charge is 2.11. The predicted octanol–water partition coefficient (Wildman–Crippen LogP) is 4.91. The molecule has 2 aromatic heterocycles. The molecule has 5 heteroatoms. The number of thiophene rings is 1. The Morgan fingerprint density at radius 2 is 1.88 bits per heavy atom. The molecule has 0 atom stereocenters. The van der Waals surface area contributed by atoms with Gasteiger partial charge in [0.25, 0.3) is 0 Å². The van der Waals surface area contributed by atoms with Crippen molar-refractivity contribution in [1.82, 2.24) is 9.97 Å². The van der Waals surface area contributed by atoms with Gasteiger partial charge in [-0.2, -0.15) is 5.10 Å². The number of aromatic nitrogens is 2. The van der Waals surface area contributed by atoms with Gasteiger partial charge in [0.1, 0.15) is 11.2 Å². The van der Waals surface area contributed by atoms with Crippen LogP contribution in [0.3, 0.4) is 0 Å². The minimum Gasteiger partial charge on any atom is -0.261 e. The zero-order chi connectivity index (χ0) is 16.5. The van der Waals surface area contributed by atoms with E-state index in [9.17, 15) is 0 Å². The fourth-order valence-corrected chi connectivity index (χ4v) is 3.72. The fourth-order valence-electron chi connectivity index (χ4n) is 2.72. The second kappa shape index (κ2) is 6.02. The third kappa shape index (κ3) is 2.63. The highest BCUT2D eigenvalue weighted by Crippen LogP contribution is 2.32. The van der Waals surface area contributed by atoms with Crippen LogP contribution in [-0.4, -0.2) is 16.2 Å². The van der Waals surface area contributed by atoms with Crippen molar-refractivity contribution in [3.05, 3.63) is 64.8 Å². The lowest BCUT2D eigenvalue weighted by atomic mass is 10.1. The summed E-state index contributed by atoms with van der Waals surface area (Å²) in [5.41, 5.74) is 5.32. The van der Waals surface area contributed by atoms with Gasteiger partial charge >= 0.3 is 0 Å². The lowest BCUT2D eigenvalue weighted by Crippen LogP contribution is -1.95. The molecule has 0 spiro atoms. The molecule has 0 radical (unpaired) electrons. The molecular weight excluding hydrogens is 316 g/mol. The molecule has 0 amide bonds. The average Bonchev–Trinajstić information content (AvgIpc) is 2.90. The normalized spacial score (nSPS) is 11.6. The summed E-state index contributed by atoms with van der Waals surface area (Å²) in [6.45, 7) is 4.19. The second-order valence-corrected chi connectivity index (χ2v) is 6.87. The molecule has 118 valence electrons. The maximum atomic E-state index is 4.36. The number of fused-ring (bicyclic) bond motifs is 2. The van der Waals surface area contributed by atoms with Gasteiger partial charge in [0.2, 0.25) is 0 Å². The van der Waals surface area contributed by atoms with Gasteiger partial charge < -0.3 is 0 Å². The van der Waals surface area contributed by atoms with Gasteiger partial charge in [0, 0.05) is 4.88 Å². The summed E-state index contributed by atoms with van der Waals surface area (Å²) >= 11 is 1.68. The van der Waals surface area contributed by atoms with Crippen LogP contribution in [0.4, 0.5) is 5.82 Å². The number of hydrazone groups is 1. The van der Waals surface area contributed by atoms with E-state index in [2.05, 4.69) is 64.7 Å². The van der Waals surface area contributed by atoms with Gasteiger partial charge in [0.15, 0.2) is 5.82 Å². The van der Waals surface area contributed by atoms with Crippen molar-refractivity contribution in [3.63, 3.8) is 0 Å². The van der Waals surface area contributed by atoms with Crippen LogP contribution in [0.1, 0.15) is 16.0 Å². The highest BCUT2D eigenvalue weighted by atomic mass is 32.1. The average molecular weight is 332 g/mol. The van der Waals surface area contributed by atoms with E-state index in [0.717, 1.165) is 21.6 Å². The molecule has 1 N–H and O–H groups in total. The van der Waals surface area contributed by atoms with Crippen molar-refractivity contribution in [3.8, 4) is 0 Å². The van der Waals surface area contributed by atoms with Gasteiger partial charge in [-0.1, -0.05) is 36.4 Å². The number of aryl methyl sites for hydroxylation is 2. The molecule has 4 rings (SSSR count). The SMILES string of the molecule is Cc1sc2ncnc(N/N=C\c3ccc4ccccc4c3)c2c1C. The maximum Gasteiger partial charge on any atom is 0.158 e. The molecule has 0 aliphatic heterocycles. The number of rotatable bonds is 3. The van der Waals surface area contributed by atoms with Crippen LogP contribution in [0, 0.1) is 13.8 Å². The van der Waals surface area contributed by atoms with Crippen molar-refractivity contribution in [1.29, 1.82) is 0 Å². The summed E-state index contributed by atoms with van der Waals surface area (Å²) in [6, 6.07) is 14.6. The third-order valence-corrected chi connectivity index (χ3v) is 5.24. The lowest BCUT2D eigenvalue weighted by Gasteiger charge is -2.02. The summed E-state index contributed by atoms with van der Waals surface area (Å²) in [5, 5.41) is 7.84. The molecule has 4 nitrogen and oxygen atoms in total. The minimum absolute atomic E-state index is 0.749. The van der Waals surface area contributed by atoms with E-state index < -0.39 is 0 Å². The Bertz CT molecular complexity index is 1070. The number of hydrogen-bond donors (Lipinski definition) is 1. The zero-order valence-corrected chi connectivity index (χ0v) is 14.3. The van der Waals surface area contributed by atoms with Crippen LogP contribution in [0.2, 0.25) is 0 Å². The van der Waals surface area contributed by atoms with Crippen molar-refractivity contribution >= 4 is 44.4 Å². The molecule has 24 heavy (non-hydrogen) atoms. The molecule has 0 aliphatic carbocycles. The molecule has 0 saturated heterocycles. The second-order valence-electron chi connectivity index (χ2n) is 5.66. The molecule has 4 aromatic rings. The Morgan fingerprint density at radius 3 is 2.75 bits per heavy atom. The standard InChI is InChI=1S/C19H16N4S/c1-12-13(2)24-19-17(12)18(20-11-21-19)23-22-10-14-7-8-15-5-3-4-6-16(15)9-14/h3-11H,1-2H3,(H,20,21,23)/b22-10-. The largest absolute Gasteiger partial charge is 0.261 e. The molecule has 0 fully saturated rings. The van der Waals surface area contributed by atoms with Crippen molar-refractivity contribution in [2.75, 3.05) is 5.43 Å². The Kier molecular flexibility index (Phi) is 3.70. The number of anilines is 1. The van der Waals surface area contributed by atoms with Gasteiger partial charge in [-0.05, 0) is 41.8 Å². The van der Waals surface area contributed by atoms with Crippen LogP contribution < -0.4 is 5.43 Å². The van der Waals surface area contributed by atoms with Crippen LogP contribution in [-0.2, 0) is 0 Å². The molecule has 0 unspecified atom stereocenters. The Hall–Kier alpha value is -2.79. The fraction of sp³-hybridized carbons (Fsp3) is 0.105. The van der Waals surface area contributed by atoms with Crippen LogP contribution in [0.15, 0.2) is 53.9 Å². The van der Waals surface area contributed by atoms with E-state index in [1.165, 1.54) is 21.2 Å². The molecule has 0 aliphatic rings. The van der Waals surface area contributed by atoms with Crippen molar-refractivity contribution in [2.45, 2.75) is 13.8 Å². The quantitative estimate of drug-likeness (QED) is 0.428. The topological polar surface area (TPSA) is 50.2 Å². The van der Waals surface area contributed by atoms with E-state index >= 15 is 0 Å². The zero-order valence-electron chi connectivity index (χ0n) is 13.4. The minimum atomic E-state index is 0.749. The molecular formula is C19H16N4S. The van der Waals surface area contributed by atoms with E-state index in [1.807, 2.05) is 18.3 Å². The summed E-state index contributed by atoms with van der Waals surface area (Å²) < 4.78 is 0. The van der Waals surface area contributed by atoms with Gasteiger partial charge in [-0.3, -0.25) is 5.43 Å². The van der Waals surface area contributed by atoms with Crippen LogP contribution in [0.5, 0.6) is 0 Å². The Morgan fingerprint density at radius 1 is 1.04 bits per heavy atom. The van der Waals surface area contributed by atoms with E-state index in [1.54, 1.807) is 17.7 Å². The molecule has 0 saturated carbocycles. The van der Waals surface area contributed by atoms with E-state index in [-0.39, 0.29) is 0 Å². The summed E-state index contributed by atoms with van der Waals surface area (Å²) in [5.74, 6) is 0.749. The van der Waals surface area contributed by atoms with Crippen molar-refractivity contribution in [2.24, 2.45) is 5.10 Å². The van der Waals surface area contributed by atoms with Gasteiger partial charge in [-0.15, -0.1) is 11.3 Å². The Labute approximate surface area is 143 Å². The number of hydrogen-bond acceptors (Lipinski definition) is 5. The third-order valence-electron chi connectivity index (χ3n) is 4.12. The Balaban J connectivity index is 1.63. The molecule has 0 bridgehead atoms. The first-order chi connectivity index (χ1) is 11.7. The van der Waals surface area contributed by atoms with Gasteiger partial charge in [-0.25, -0.2) is 9.97 Å². The van der Waals surface area contributed by atoms with Crippen LogP contribution in [0.25, 0.3) is 21.0 Å². The lowest BCUT2D eigenvalue weighted by molar-refractivity contribution is 1.19. The smallest absolute Gasteiger partial charge is 0.158 e. The maximum absolute atomic E-state index is 4.36. The summed E-state index contributed by atoms with van der Waals surface area (Å²) in [4.78, 5) is 10.9. The van der Waals surface area contributed by atoms with Crippen molar-refractivity contribution < 1.29 is 0 Å². The monoisotopic (exact) mass is 332 g/mol. The first-order valence-electron chi connectivity index (χ1n) is 7.71. The number of nitrogens with one attached hydrogen (secondary N) is 1. The van der Waals surface area contributed by atoms with E-state index in [4.69, 9.17) is 0 Å².